The normalized spacial score (nSPS) is 17.8. The predicted octanol–water partition coefficient (Wildman–Crippen LogP) is 6.22. The number of nitrogens with zero attached hydrogens (tertiary/aromatic N) is 2. The third kappa shape index (κ3) is 5.40. The zero-order valence-electron chi connectivity index (χ0n) is 20.8. The number of ether oxygens (including phenoxy) is 2. The summed E-state index contributed by atoms with van der Waals surface area (Å²) in [5.74, 6) is -0.613. The van der Waals surface area contributed by atoms with Crippen molar-refractivity contribution in [3.05, 3.63) is 83.1 Å². The quantitative estimate of drug-likeness (QED) is 0.363. The Hall–Kier alpha value is -3.79. The Morgan fingerprint density at radius 2 is 1.87 bits per heavy atom. The van der Waals surface area contributed by atoms with Crippen LogP contribution in [0.4, 0.5) is 4.39 Å². The molecule has 0 saturated heterocycles. The molecule has 2 aromatic carbocycles. The molecule has 1 aromatic heterocycles. The number of rotatable bonds is 8. The Kier molecular flexibility index (Phi) is 7.69. The van der Waals surface area contributed by atoms with Crippen LogP contribution in [0, 0.1) is 11.7 Å². The molecule has 8 nitrogen and oxygen atoms in total. The Morgan fingerprint density at radius 3 is 2.55 bits per heavy atom. The molecule has 2 aliphatic rings. The number of halogens is 1. The topological polar surface area (TPSA) is 102 Å². The molecule has 1 N–H and O–H groups in total. The van der Waals surface area contributed by atoms with E-state index in [1.807, 2.05) is 6.07 Å². The number of carbonyl (C=O) groups is 2. The Morgan fingerprint density at radius 1 is 1.11 bits per heavy atom. The third-order valence-electron chi connectivity index (χ3n) is 6.64. The molecule has 10 heteroatoms. The molecule has 1 aliphatic heterocycles. The number of aromatic carboxylic acids is 1. The van der Waals surface area contributed by atoms with E-state index in [1.54, 1.807) is 30.3 Å². The van der Waals surface area contributed by atoms with E-state index in [0.29, 0.717) is 27.9 Å². The number of hydrogen-bond acceptors (Lipinski definition) is 7. The van der Waals surface area contributed by atoms with Crippen LogP contribution in [0.1, 0.15) is 64.9 Å². The zero-order chi connectivity index (χ0) is 26.6. The summed E-state index contributed by atoms with van der Waals surface area (Å²) in [6, 6.07) is 14.4. The van der Waals surface area contributed by atoms with E-state index < -0.39 is 11.3 Å². The maximum atomic E-state index is 13.7. The molecule has 1 amide bonds. The van der Waals surface area contributed by atoms with Gasteiger partial charge in [-0.15, -0.1) is 0 Å². The van der Waals surface area contributed by atoms with Crippen LogP contribution >= 0.6 is 11.8 Å². The highest BCUT2D eigenvalue weighted by Crippen LogP contribution is 2.48. The molecule has 0 radical (unpaired) electrons. The lowest BCUT2D eigenvalue weighted by molar-refractivity contribution is -0.137. The van der Waals surface area contributed by atoms with Crippen LogP contribution in [0.25, 0.3) is 0 Å². The van der Waals surface area contributed by atoms with Gasteiger partial charge in [0.25, 0.3) is 0 Å². The maximum Gasteiger partial charge on any atom is 0.371 e. The SMILES string of the molecule is COc1c(OCc2ccc(C(=O)O)o2)cccc1C1SC(c2ccc(F)cc2)=NN1C(=O)C1CCCCC1. The second kappa shape index (κ2) is 11.3. The minimum Gasteiger partial charge on any atom is -0.492 e. The van der Waals surface area contributed by atoms with Gasteiger partial charge in [-0.3, -0.25) is 4.79 Å². The molecule has 1 atom stereocenters. The van der Waals surface area contributed by atoms with E-state index in [0.717, 1.165) is 37.7 Å². The minimum atomic E-state index is -1.16. The second-order valence-electron chi connectivity index (χ2n) is 9.14. The number of amides is 1. The van der Waals surface area contributed by atoms with E-state index in [1.165, 1.54) is 42.1 Å². The molecule has 5 rings (SSSR count). The number of hydrogen-bond donors (Lipinski definition) is 1. The monoisotopic (exact) mass is 538 g/mol. The van der Waals surface area contributed by atoms with Crippen LogP contribution in [-0.4, -0.2) is 34.1 Å². The van der Waals surface area contributed by atoms with Gasteiger partial charge in [0.15, 0.2) is 11.5 Å². The summed E-state index contributed by atoms with van der Waals surface area (Å²) in [4.78, 5) is 24.8. The summed E-state index contributed by atoms with van der Waals surface area (Å²) in [5, 5.41) is 15.4. The first-order valence-electron chi connectivity index (χ1n) is 12.4. The first-order valence-corrected chi connectivity index (χ1v) is 13.3. The average Bonchev–Trinajstić information content (AvgIpc) is 3.60. The van der Waals surface area contributed by atoms with Gasteiger partial charge in [-0.25, -0.2) is 14.2 Å². The molecule has 0 spiro atoms. The highest BCUT2D eigenvalue weighted by atomic mass is 32.2. The molecular formula is C28H27FN2O6S. The van der Waals surface area contributed by atoms with Crippen LogP contribution in [0.3, 0.4) is 0 Å². The average molecular weight is 539 g/mol. The summed E-state index contributed by atoms with van der Waals surface area (Å²) in [6.07, 6.45) is 4.81. The highest BCUT2D eigenvalue weighted by Gasteiger charge is 2.39. The molecule has 1 unspecified atom stereocenters. The van der Waals surface area contributed by atoms with Crippen LogP contribution in [0.2, 0.25) is 0 Å². The first kappa shape index (κ1) is 25.8. The van der Waals surface area contributed by atoms with Gasteiger partial charge in [0, 0.05) is 17.0 Å². The lowest BCUT2D eigenvalue weighted by Gasteiger charge is -2.28. The summed E-state index contributed by atoms with van der Waals surface area (Å²) >= 11 is 1.40. The standard InChI is InChI=1S/C28H27FN2O6S/c1-35-24-21(8-5-9-22(24)36-16-20-14-15-23(37-20)28(33)34)27-31(26(32)18-6-3-2-4-7-18)30-25(38-27)17-10-12-19(29)13-11-17/h5,8-15,18,27H,2-4,6-7,16H2,1H3,(H,33,34). The predicted molar refractivity (Wildman–Crippen MR) is 140 cm³/mol. The largest absolute Gasteiger partial charge is 0.492 e. The summed E-state index contributed by atoms with van der Waals surface area (Å²) in [6.45, 7) is -0.00699. The minimum absolute atomic E-state index is 0.00699. The molecule has 0 bridgehead atoms. The van der Waals surface area contributed by atoms with Crippen LogP contribution in [-0.2, 0) is 11.4 Å². The van der Waals surface area contributed by atoms with Crippen molar-refractivity contribution >= 4 is 28.7 Å². The Labute approximate surface area is 223 Å². The lowest BCUT2D eigenvalue weighted by Crippen LogP contribution is -2.33. The second-order valence-corrected chi connectivity index (χ2v) is 10.2. The summed E-state index contributed by atoms with van der Waals surface area (Å²) in [7, 11) is 1.52. The van der Waals surface area contributed by atoms with E-state index in [4.69, 9.17) is 24.1 Å². The number of benzene rings is 2. The van der Waals surface area contributed by atoms with Crippen LogP contribution < -0.4 is 9.47 Å². The number of methoxy groups -OCH3 is 1. The molecule has 1 aliphatic carbocycles. The molecule has 198 valence electrons. The van der Waals surface area contributed by atoms with Gasteiger partial charge in [0.1, 0.15) is 28.6 Å². The third-order valence-corrected chi connectivity index (χ3v) is 7.85. The fourth-order valence-electron chi connectivity index (χ4n) is 4.72. The molecule has 2 heterocycles. The first-order chi connectivity index (χ1) is 18.4. The molecular weight excluding hydrogens is 511 g/mol. The van der Waals surface area contributed by atoms with E-state index in [-0.39, 0.29) is 30.0 Å². The molecule has 1 saturated carbocycles. The van der Waals surface area contributed by atoms with Crippen molar-refractivity contribution in [2.45, 2.75) is 44.1 Å². The van der Waals surface area contributed by atoms with E-state index in [9.17, 15) is 14.0 Å². The van der Waals surface area contributed by atoms with Crippen molar-refractivity contribution in [1.82, 2.24) is 5.01 Å². The van der Waals surface area contributed by atoms with E-state index in [2.05, 4.69) is 0 Å². The summed E-state index contributed by atoms with van der Waals surface area (Å²) < 4.78 is 30.5. The fourth-order valence-corrected chi connectivity index (χ4v) is 5.91. The lowest BCUT2D eigenvalue weighted by atomic mass is 9.88. The van der Waals surface area contributed by atoms with E-state index >= 15 is 0 Å². The molecule has 1 fully saturated rings. The van der Waals surface area contributed by atoms with Gasteiger partial charge in [-0.2, -0.15) is 5.10 Å². The van der Waals surface area contributed by atoms with Gasteiger partial charge >= 0.3 is 5.97 Å². The Bertz CT molecular complexity index is 1350. The van der Waals surface area contributed by atoms with Crippen molar-refractivity contribution in [1.29, 1.82) is 0 Å². The number of furan rings is 1. The van der Waals surface area contributed by atoms with Crippen molar-refractivity contribution in [2.75, 3.05) is 7.11 Å². The van der Waals surface area contributed by atoms with Gasteiger partial charge in [-0.05, 0) is 55.3 Å². The van der Waals surface area contributed by atoms with Crippen molar-refractivity contribution in [3.63, 3.8) is 0 Å². The molecule has 38 heavy (non-hydrogen) atoms. The van der Waals surface area contributed by atoms with Gasteiger partial charge in [0.2, 0.25) is 11.7 Å². The van der Waals surface area contributed by atoms with Crippen molar-refractivity contribution in [3.8, 4) is 11.5 Å². The Balaban J connectivity index is 1.45. The summed E-state index contributed by atoms with van der Waals surface area (Å²) in [5.41, 5.74) is 1.42. The van der Waals surface area contributed by atoms with Gasteiger partial charge in [0.05, 0.1) is 7.11 Å². The fraction of sp³-hybridized carbons (Fsp3) is 0.321. The number of carbonyl (C=O) groups excluding carboxylic acids is 1. The number of carboxylic acid groups (broad SMARTS) is 1. The number of hydrazone groups is 1. The van der Waals surface area contributed by atoms with Crippen molar-refractivity contribution < 1.29 is 33.0 Å². The number of carboxylic acids is 1. The maximum absolute atomic E-state index is 13.7. The van der Waals surface area contributed by atoms with Gasteiger partial charge in [-0.1, -0.05) is 43.2 Å². The number of para-hydroxylation sites is 1. The van der Waals surface area contributed by atoms with Crippen molar-refractivity contribution in [2.24, 2.45) is 11.0 Å². The highest BCUT2D eigenvalue weighted by molar-refractivity contribution is 8.14. The molecule has 3 aromatic rings. The number of thioether (sulfide) groups is 1. The smallest absolute Gasteiger partial charge is 0.371 e. The van der Waals surface area contributed by atoms with Crippen LogP contribution in [0.5, 0.6) is 11.5 Å². The van der Waals surface area contributed by atoms with Crippen LogP contribution in [0.15, 0.2) is 64.1 Å². The zero-order valence-corrected chi connectivity index (χ0v) is 21.6. The van der Waals surface area contributed by atoms with Gasteiger partial charge < -0.3 is 19.0 Å².